The Labute approximate surface area is 101 Å². The summed E-state index contributed by atoms with van der Waals surface area (Å²) in [6.07, 6.45) is -4.54. The highest BCUT2D eigenvalue weighted by atomic mass is 19.4. The van der Waals surface area contributed by atoms with Crippen LogP contribution in [-0.4, -0.2) is 4.98 Å². The molecule has 1 aromatic carbocycles. The van der Waals surface area contributed by atoms with Gasteiger partial charge in [-0.2, -0.15) is 18.4 Å². The Kier molecular flexibility index (Phi) is 3.02. The second-order valence-electron chi connectivity index (χ2n) is 3.57. The molecule has 0 saturated heterocycles. The lowest BCUT2D eigenvalue weighted by molar-refractivity contribution is -0.141. The minimum atomic E-state index is -4.54. The first-order valence-electron chi connectivity index (χ1n) is 5.06. The molecule has 0 aliphatic rings. The molecule has 0 radical (unpaired) electrons. The smallest absolute Gasteiger partial charge is 0.232 e. The van der Waals surface area contributed by atoms with Crippen molar-refractivity contribution in [1.29, 1.82) is 5.26 Å². The van der Waals surface area contributed by atoms with Gasteiger partial charge < -0.3 is 0 Å². The molecule has 0 saturated carbocycles. The molecule has 0 N–H and O–H groups in total. The van der Waals surface area contributed by atoms with Crippen LogP contribution in [0.5, 0.6) is 0 Å². The fourth-order valence-electron chi connectivity index (χ4n) is 1.55. The molecule has 0 aliphatic heterocycles. The number of halogens is 3. The maximum absolute atomic E-state index is 12.5. The second kappa shape index (κ2) is 4.49. The standard InChI is InChI=1S/C13H7F3N2/c14-13(15,16)12-7-6-10(11(8-17)18-12)9-4-2-1-3-5-9/h1-7H. The Morgan fingerprint density at radius 2 is 1.67 bits per heavy atom. The number of hydrogen-bond acceptors (Lipinski definition) is 2. The van der Waals surface area contributed by atoms with Crippen LogP contribution in [0, 0.1) is 11.3 Å². The van der Waals surface area contributed by atoms with Crippen molar-refractivity contribution < 1.29 is 13.2 Å². The Morgan fingerprint density at radius 1 is 1.00 bits per heavy atom. The molecule has 0 unspecified atom stereocenters. The summed E-state index contributed by atoms with van der Waals surface area (Å²) >= 11 is 0. The first kappa shape index (κ1) is 12.1. The van der Waals surface area contributed by atoms with Crippen molar-refractivity contribution in [3.63, 3.8) is 0 Å². The lowest BCUT2D eigenvalue weighted by atomic mass is 10.0. The first-order valence-corrected chi connectivity index (χ1v) is 5.06. The van der Waals surface area contributed by atoms with Crippen molar-refractivity contribution in [3.8, 4) is 17.2 Å². The Morgan fingerprint density at radius 3 is 2.22 bits per heavy atom. The largest absolute Gasteiger partial charge is 0.433 e. The van der Waals surface area contributed by atoms with Gasteiger partial charge in [-0.15, -0.1) is 0 Å². The van der Waals surface area contributed by atoms with E-state index in [1.807, 2.05) is 0 Å². The molecule has 18 heavy (non-hydrogen) atoms. The summed E-state index contributed by atoms with van der Waals surface area (Å²) in [7, 11) is 0. The summed E-state index contributed by atoms with van der Waals surface area (Å²) < 4.78 is 37.4. The van der Waals surface area contributed by atoms with E-state index in [1.165, 1.54) is 6.07 Å². The molecule has 90 valence electrons. The summed E-state index contributed by atoms with van der Waals surface area (Å²) in [6, 6.07) is 12.5. The predicted octanol–water partition coefficient (Wildman–Crippen LogP) is 3.64. The summed E-state index contributed by atoms with van der Waals surface area (Å²) in [6.45, 7) is 0. The van der Waals surface area contributed by atoms with Crippen molar-refractivity contribution in [2.75, 3.05) is 0 Å². The van der Waals surface area contributed by atoms with Crippen LogP contribution in [0.25, 0.3) is 11.1 Å². The van der Waals surface area contributed by atoms with E-state index in [-0.39, 0.29) is 5.69 Å². The van der Waals surface area contributed by atoms with Gasteiger partial charge in [-0.3, -0.25) is 0 Å². The van der Waals surface area contributed by atoms with Crippen LogP contribution in [0.4, 0.5) is 13.2 Å². The average molecular weight is 248 g/mol. The number of alkyl halides is 3. The summed E-state index contributed by atoms with van der Waals surface area (Å²) in [5.74, 6) is 0. The van der Waals surface area contributed by atoms with Gasteiger partial charge in [-0.25, -0.2) is 4.98 Å². The summed E-state index contributed by atoms with van der Waals surface area (Å²) in [4.78, 5) is 3.35. The highest BCUT2D eigenvalue weighted by Gasteiger charge is 2.33. The van der Waals surface area contributed by atoms with Gasteiger partial charge in [0, 0.05) is 5.56 Å². The molecular weight excluding hydrogens is 241 g/mol. The summed E-state index contributed by atoms with van der Waals surface area (Å²) in [5, 5.41) is 8.89. The third kappa shape index (κ3) is 2.33. The van der Waals surface area contributed by atoms with Crippen LogP contribution in [-0.2, 0) is 6.18 Å². The van der Waals surface area contributed by atoms with Crippen LogP contribution in [0.15, 0.2) is 42.5 Å². The fourth-order valence-corrected chi connectivity index (χ4v) is 1.55. The van der Waals surface area contributed by atoms with E-state index in [4.69, 9.17) is 5.26 Å². The molecule has 1 aromatic heterocycles. The number of nitrogens with zero attached hydrogens (tertiary/aromatic N) is 2. The van der Waals surface area contributed by atoms with E-state index in [0.29, 0.717) is 11.1 Å². The molecule has 0 bridgehead atoms. The van der Waals surface area contributed by atoms with Gasteiger partial charge in [0.2, 0.25) is 0 Å². The van der Waals surface area contributed by atoms with Crippen molar-refractivity contribution >= 4 is 0 Å². The third-order valence-corrected chi connectivity index (χ3v) is 2.38. The molecule has 0 spiro atoms. The maximum Gasteiger partial charge on any atom is 0.433 e. The highest BCUT2D eigenvalue weighted by molar-refractivity contribution is 5.68. The molecule has 2 rings (SSSR count). The minimum Gasteiger partial charge on any atom is -0.232 e. The van der Waals surface area contributed by atoms with E-state index in [0.717, 1.165) is 6.07 Å². The number of rotatable bonds is 1. The van der Waals surface area contributed by atoms with Crippen LogP contribution in [0.1, 0.15) is 11.4 Å². The topological polar surface area (TPSA) is 36.7 Å². The van der Waals surface area contributed by atoms with Gasteiger partial charge in [0.25, 0.3) is 0 Å². The fraction of sp³-hybridized carbons (Fsp3) is 0.0769. The number of benzene rings is 1. The van der Waals surface area contributed by atoms with Gasteiger partial charge >= 0.3 is 6.18 Å². The van der Waals surface area contributed by atoms with Crippen molar-refractivity contribution in [1.82, 2.24) is 4.98 Å². The SMILES string of the molecule is N#Cc1nc(C(F)(F)F)ccc1-c1ccccc1. The van der Waals surface area contributed by atoms with Gasteiger partial charge in [-0.05, 0) is 17.7 Å². The molecule has 0 fully saturated rings. The molecule has 1 heterocycles. The predicted molar refractivity (Wildman–Crippen MR) is 59.4 cm³/mol. The molecular formula is C13H7F3N2. The summed E-state index contributed by atoms with van der Waals surface area (Å²) in [5.41, 5.74) is -0.226. The van der Waals surface area contributed by atoms with E-state index in [9.17, 15) is 13.2 Å². The lowest BCUT2D eigenvalue weighted by Crippen LogP contribution is -2.09. The Bertz CT molecular complexity index is 598. The second-order valence-corrected chi connectivity index (χ2v) is 3.57. The maximum atomic E-state index is 12.5. The monoisotopic (exact) mass is 248 g/mol. The third-order valence-electron chi connectivity index (χ3n) is 2.38. The molecule has 0 amide bonds. The van der Waals surface area contributed by atoms with Crippen molar-refractivity contribution in [3.05, 3.63) is 53.9 Å². The number of pyridine rings is 1. The van der Waals surface area contributed by atoms with Crippen LogP contribution in [0.3, 0.4) is 0 Å². The van der Waals surface area contributed by atoms with E-state index >= 15 is 0 Å². The van der Waals surface area contributed by atoms with Crippen LogP contribution in [0.2, 0.25) is 0 Å². The van der Waals surface area contributed by atoms with E-state index in [1.54, 1.807) is 36.4 Å². The number of nitriles is 1. The zero-order valence-electron chi connectivity index (χ0n) is 9.07. The quantitative estimate of drug-likeness (QED) is 0.772. The number of hydrogen-bond donors (Lipinski definition) is 0. The zero-order valence-corrected chi connectivity index (χ0v) is 9.07. The molecule has 0 atom stereocenters. The zero-order chi connectivity index (χ0) is 13.2. The Hall–Kier alpha value is -2.35. The molecule has 2 nitrogen and oxygen atoms in total. The van der Waals surface area contributed by atoms with E-state index < -0.39 is 11.9 Å². The Balaban J connectivity index is 2.56. The van der Waals surface area contributed by atoms with Crippen molar-refractivity contribution in [2.45, 2.75) is 6.18 Å². The highest BCUT2D eigenvalue weighted by Crippen LogP contribution is 2.30. The van der Waals surface area contributed by atoms with Gasteiger partial charge in [0.05, 0.1) is 0 Å². The number of aromatic nitrogens is 1. The van der Waals surface area contributed by atoms with Crippen LogP contribution < -0.4 is 0 Å². The molecule has 0 aliphatic carbocycles. The molecule has 2 aromatic rings. The average Bonchev–Trinajstić information content (AvgIpc) is 2.38. The van der Waals surface area contributed by atoms with Crippen molar-refractivity contribution in [2.24, 2.45) is 0 Å². The minimum absolute atomic E-state index is 0.226. The van der Waals surface area contributed by atoms with E-state index in [2.05, 4.69) is 4.98 Å². The van der Waals surface area contributed by atoms with Gasteiger partial charge in [0.1, 0.15) is 17.5 Å². The molecule has 5 heteroatoms. The first-order chi connectivity index (χ1) is 8.52. The van der Waals surface area contributed by atoms with Gasteiger partial charge in [-0.1, -0.05) is 30.3 Å². The van der Waals surface area contributed by atoms with Crippen LogP contribution >= 0.6 is 0 Å². The normalized spacial score (nSPS) is 11.0. The lowest BCUT2D eigenvalue weighted by Gasteiger charge is -2.08. The van der Waals surface area contributed by atoms with Gasteiger partial charge in [0.15, 0.2) is 0 Å².